The van der Waals surface area contributed by atoms with Gasteiger partial charge in [0.2, 0.25) is 0 Å². The van der Waals surface area contributed by atoms with Crippen LogP contribution in [0, 0.1) is 13.8 Å². The van der Waals surface area contributed by atoms with Crippen LogP contribution in [0.25, 0.3) is 0 Å². The van der Waals surface area contributed by atoms with E-state index in [-0.39, 0.29) is 17.2 Å². The van der Waals surface area contributed by atoms with Gasteiger partial charge >= 0.3 is 0 Å². The maximum Gasteiger partial charge on any atom is 0.294 e. The van der Waals surface area contributed by atoms with E-state index in [9.17, 15) is 9.59 Å². The number of carbonyl (C=O) groups excluding carboxylic acids is 1. The van der Waals surface area contributed by atoms with Crippen molar-refractivity contribution in [2.45, 2.75) is 27.2 Å². The number of nitrogens with one attached hydrogen (secondary N) is 2. The largest absolute Gasteiger partial charge is 0.453 e. The third kappa shape index (κ3) is 4.86. The van der Waals surface area contributed by atoms with Crippen LogP contribution in [-0.4, -0.2) is 22.2 Å². The summed E-state index contributed by atoms with van der Waals surface area (Å²) in [6.45, 7) is 6.56. The minimum absolute atomic E-state index is 0.158. The van der Waals surface area contributed by atoms with Crippen LogP contribution in [0.5, 0.6) is 11.5 Å². The number of aromatic nitrogens is 2. The minimum Gasteiger partial charge on any atom is -0.453 e. The average molecular weight is 406 g/mol. The predicted molar refractivity (Wildman–Crippen MR) is 118 cm³/mol. The molecule has 0 saturated carbocycles. The number of rotatable bonds is 7. The van der Waals surface area contributed by atoms with Gasteiger partial charge in [-0.05, 0) is 50.1 Å². The molecule has 0 atom stereocenters. The maximum absolute atomic E-state index is 12.8. The number of amides is 1. The van der Waals surface area contributed by atoms with Crippen molar-refractivity contribution in [3.63, 3.8) is 0 Å². The van der Waals surface area contributed by atoms with Crippen LogP contribution in [-0.2, 0) is 7.05 Å². The highest BCUT2D eigenvalue weighted by Crippen LogP contribution is 2.30. The molecule has 0 aliphatic rings. The van der Waals surface area contributed by atoms with Gasteiger partial charge in [0.25, 0.3) is 11.5 Å². The smallest absolute Gasteiger partial charge is 0.294 e. The van der Waals surface area contributed by atoms with Gasteiger partial charge in [-0.2, -0.15) is 5.10 Å². The van der Waals surface area contributed by atoms with Crippen LogP contribution in [0.3, 0.4) is 0 Å². The molecule has 156 valence electrons. The monoisotopic (exact) mass is 406 g/mol. The molecular weight excluding hydrogens is 380 g/mol. The van der Waals surface area contributed by atoms with E-state index in [2.05, 4.69) is 15.7 Å². The molecule has 7 heteroatoms. The second-order valence-electron chi connectivity index (χ2n) is 7.15. The zero-order valence-electron chi connectivity index (χ0n) is 17.7. The highest BCUT2D eigenvalue weighted by atomic mass is 16.5. The zero-order valence-corrected chi connectivity index (χ0v) is 17.7. The highest BCUT2D eigenvalue weighted by molar-refractivity contribution is 5.95. The summed E-state index contributed by atoms with van der Waals surface area (Å²) in [5.74, 6) is 0.798. The van der Waals surface area contributed by atoms with Gasteiger partial charge in [0.1, 0.15) is 5.75 Å². The molecule has 0 aliphatic heterocycles. The van der Waals surface area contributed by atoms with E-state index in [4.69, 9.17) is 4.74 Å². The fraction of sp³-hybridized carbons (Fsp3) is 0.261. The summed E-state index contributed by atoms with van der Waals surface area (Å²) in [5, 5.41) is 10.0. The summed E-state index contributed by atoms with van der Waals surface area (Å²) >= 11 is 0. The molecule has 0 spiro atoms. The van der Waals surface area contributed by atoms with Crippen LogP contribution in [0.2, 0.25) is 0 Å². The van der Waals surface area contributed by atoms with E-state index in [0.717, 1.165) is 17.5 Å². The van der Waals surface area contributed by atoms with Gasteiger partial charge < -0.3 is 15.4 Å². The first-order valence-electron chi connectivity index (χ1n) is 9.85. The number of hydrogen-bond acceptors (Lipinski definition) is 5. The van der Waals surface area contributed by atoms with Crippen LogP contribution in [0.4, 0.5) is 11.4 Å². The number of anilines is 2. The third-order valence-corrected chi connectivity index (χ3v) is 4.58. The Balaban J connectivity index is 1.93. The lowest BCUT2D eigenvalue weighted by Gasteiger charge is -2.15. The SMILES string of the molecule is CCCNC(=O)c1cccc(Nc2c(Oc3ccc(C)cc3C)cnn(C)c2=O)c1. The highest BCUT2D eigenvalue weighted by Gasteiger charge is 2.15. The molecule has 2 N–H and O–H groups in total. The Bertz CT molecular complexity index is 1120. The lowest BCUT2D eigenvalue weighted by atomic mass is 10.1. The molecule has 0 fully saturated rings. The number of nitrogens with zero attached hydrogens (tertiary/aromatic N) is 2. The van der Waals surface area contributed by atoms with E-state index < -0.39 is 0 Å². The van der Waals surface area contributed by atoms with Crippen molar-refractivity contribution < 1.29 is 9.53 Å². The quantitative estimate of drug-likeness (QED) is 0.618. The minimum atomic E-state index is -0.335. The van der Waals surface area contributed by atoms with E-state index in [1.807, 2.05) is 39.0 Å². The molecule has 0 radical (unpaired) electrons. The Labute approximate surface area is 175 Å². The molecule has 30 heavy (non-hydrogen) atoms. The first-order valence-corrected chi connectivity index (χ1v) is 9.85. The molecular formula is C23H26N4O3. The molecule has 7 nitrogen and oxygen atoms in total. The van der Waals surface area contributed by atoms with Gasteiger partial charge in [0.05, 0.1) is 6.20 Å². The van der Waals surface area contributed by atoms with Gasteiger partial charge in [-0.1, -0.05) is 30.7 Å². The first kappa shape index (κ1) is 21.1. The van der Waals surface area contributed by atoms with Crippen molar-refractivity contribution in [1.82, 2.24) is 15.1 Å². The Morgan fingerprint density at radius 1 is 1.13 bits per heavy atom. The van der Waals surface area contributed by atoms with Gasteiger partial charge in [-0.15, -0.1) is 0 Å². The summed E-state index contributed by atoms with van der Waals surface area (Å²) in [5.41, 5.74) is 3.11. The number of ether oxygens (including phenoxy) is 1. The van der Waals surface area contributed by atoms with Crippen molar-refractivity contribution in [1.29, 1.82) is 0 Å². The summed E-state index contributed by atoms with van der Waals surface area (Å²) in [6, 6.07) is 12.8. The Kier molecular flexibility index (Phi) is 6.51. The van der Waals surface area contributed by atoms with Gasteiger partial charge in [0.15, 0.2) is 11.4 Å². The average Bonchev–Trinajstić information content (AvgIpc) is 2.73. The molecule has 1 amide bonds. The number of carbonyl (C=O) groups is 1. The fourth-order valence-electron chi connectivity index (χ4n) is 2.97. The Morgan fingerprint density at radius 2 is 1.93 bits per heavy atom. The normalized spacial score (nSPS) is 10.5. The summed E-state index contributed by atoms with van der Waals surface area (Å²) in [6.07, 6.45) is 2.36. The van der Waals surface area contributed by atoms with E-state index in [0.29, 0.717) is 29.3 Å². The summed E-state index contributed by atoms with van der Waals surface area (Å²) in [7, 11) is 1.57. The van der Waals surface area contributed by atoms with Crippen molar-refractivity contribution in [2.75, 3.05) is 11.9 Å². The predicted octanol–water partition coefficient (Wildman–Crippen LogP) is 4.07. The van der Waals surface area contributed by atoms with E-state index in [1.54, 1.807) is 31.3 Å². The van der Waals surface area contributed by atoms with Crippen LogP contribution in [0.15, 0.2) is 53.5 Å². The standard InChI is InChI=1S/C23H26N4O3/c1-5-11-24-22(28)17-7-6-8-18(13-17)26-21-20(14-25-27(4)23(21)29)30-19-10-9-15(2)12-16(19)3/h6-10,12-14,26H,5,11H2,1-4H3,(H,24,28). The third-order valence-electron chi connectivity index (χ3n) is 4.58. The molecule has 0 aliphatic carbocycles. The lowest BCUT2D eigenvalue weighted by molar-refractivity contribution is 0.0953. The van der Waals surface area contributed by atoms with Crippen LogP contribution < -0.4 is 20.9 Å². The van der Waals surface area contributed by atoms with E-state index >= 15 is 0 Å². The molecule has 1 aromatic heterocycles. The van der Waals surface area contributed by atoms with Gasteiger partial charge in [-0.25, -0.2) is 4.68 Å². The zero-order chi connectivity index (χ0) is 21.7. The van der Waals surface area contributed by atoms with Crippen LogP contribution >= 0.6 is 0 Å². The maximum atomic E-state index is 12.8. The van der Waals surface area contributed by atoms with Crippen LogP contribution in [0.1, 0.15) is 34.8 Å². The number of hydrogen-bond donors (Lipinski definition) is 2. The van der Waals surface area contributed by atoms with Crippen molar-refractivity contribution in [3.05, 3.63) is 75.7 Å². The second kappa shape index (κ2) is 9.26. The van der Waals surface area contributed by atoms with Crippen molar-refractivity contribution in [2.24, 2.45) is 7.05 Å². The molecule has 0 bridgehead atoms. The molecule has 3 aromatic rings. The second-order valence-corrected chi connectivity index (χ2v) is 7.15. The molecule has 1 heterocycles. The number of benzene rings is 2. The van der Waals surface area contributed by atoms with Crippen molar-refractivity contribution in [3.8, 4) is 11.5 Å². The van der Waals surface area contributed by atoms with E-state index in [1.165, 1.54) is 10.9 Å². The Morgan fingerprint density at radius 3 is 2.67 bits per heavy atom. The number of aryl methyl sites for hydroxylation is 3. The summed E-state index contributed by atoms with van der Waals surface area (Å²) < 4.78 is 7.25. The molecule has 2 aromatic carbocycles. The molecule has 0 saturated heterocycles. The van der Waals surface area contributed by atoms with Gasteiger partial charge in [0, 0.05) is 24.8 Å². The van der Waals surface area contributed by atoms with Crippen molar-refractivity contribution >= 4 is 17.3 Å². The fourth-order valence-corrected chi connectivity index (χ4v) is 2.97. The summed E-state index contributed by atoms with van der Waals surface area (Å²) in [4.78, 5) is 25.0. The Hall–Kier alpha value is -3.61. The molecule has 3 rings (SSSR count). The molecule has 0 unspecified atom stereocenters. The lowest BCUT2D eigenvalue weighted by Crippen LogP contribution is -2.24. The first-order chi connectivity index (χ1) is 14.4. The topological polar surface area (TPSA) is 85.2 Å². The van der Waals surface area contributed by atoms with Gasteiger partial charge in [-0.3, -0.25) is 9.59 Å².